The summed E-state index contributed by atoms with van der Waals surface area (Å²) in [7, 11) is 0. The van der Waals surface area contributed by atoms with Crippen LogP contribution in [0.1, 0.15) is 19.4 Å². The highest BCUT2D eigenvalue weighted by atomic mass is 127. The molecule has 0 atom stereocenters. The summed E-state index contributed by atoms with van der Waals surface area (Å²) < 4.78 is 14.4. The number of nitrogens with zero attached hydrogens (tertiary/aromatic N) is 3. The van der Waals surface area contributed by atoms with Crippen LogP contribution < -0.4 is 9.47 Å². The molecule has 0 amide bonds. The lowest BCUT2D eigenvalue weighted by Gasteiger charge is -2.13. The molecule has 3 aromatic rings. The van der Waals surface area contributed by atoms with Crippen molar-refractivity contribution in [3.8, 4) is 22.9 Å². The molecule has 3 rings (SSSR count). The van der Waals surface area contributed by atoms with Crippen LogP contribution in [0.3, 0.4) is 0 Å². The molecule has 27 heavy (non-hydrogen) atoms. The number of H-pyrrole nitrogens is 1. The molecule has 0 radical (unpaired) electrons. The van der Waals surface area contributed by atoms with E-state index >= 15 is 0 Å². The smallest absolute Gasteiger partial charge is 0.216 e. The Morgan fingerprint density at radius 3 is 2.63 bits per heavy atom. The molecule has 0 aliphatic rings. The minimum atomic E-state index is 0.427. The molecule has 1 N–H and O–H groups in total. The molecule has 0 saturated heterocycles. The van der Waals surface area contributed by atoms with Crippen LogP contribution in [-0.2, 0) is 0 Å². The SMILES string of the molecule is CCOc1cc(/C=N\n2c(-c3ccccc3)n[nH]c2=S)cc(I)c1OCC. The fraction of sp³-hybridized carbons (Fsp3) is 0.211. The first-order valence-corrected chi connectivity index (χ1v) is 9.99. The Labute approximate surface area is 176 Å². The zero-order chi connectivity index (χ0) is 19.2. The molecule has 2 aromatic carbocycles. The second-order valence-corrected chi connectivity index (χ2v) is 7.02. The number of ether oxygens (including phenoxy) is 2. The predicted octanol–water partition coefficient (Wildman–Crippen LogP) is 4.89. The maximum absolute atomic E-state index is 5.73. The van der Waals surface area contributed by atoms with E-state index in [0.717, 1.165) is 20.4 Å². The number of aromatic amines is 1. The van der Waals surface area contributed by atoms with Gasteiger partial charge < -0.3 is 9.47 Å². The highest BCUT2D eigenvalue weighted by molar-refractivity contribution is 14.1. The Bertz CT molecular complexity index is 999. The van der Waals surface area contributed by atoms with Crippen LogP contribution in [0.2, 0.25) is 0 Å². The molecule has 0 aliphatic carbocycles. The Morgan fingerprint density at radius 1 is 1.19 bits per heavy atom. The van der Waals surface area contributed by atoms with Crippen molar-refractivity contribution in [3.05, 3.63) is 56.4 Å². The zero-order valence-corrected chi connectivity index (χ0v) is 18.0. The van der Waals surface area contributed by atoms with E-state index in [1.165, 1.54) is 0 Å². The van der Waals surface area contributed by atoms with Crippen LogP contribution in [0.15, 0.2) is 47.6 Å². The molecule has 6 nitrogen and oxygen atoms in total. The Balaban J connectivity index is 1.98. The third-order valence-corrected chi connectivity index (χ3v) is 4.69. The molecule has 0 fully saturated rings. The van der Waals surface area contributed by atoms with Gasteiger partial charge in [0.15, 0.2) is 17.3 Å². The molecule has 0 spiro atoms. The first-order chi connectivity index (χ1) is 13.1. The zero-order valence-electron chi connectivity index (χ0n) is 15.0. The number of halogens is 1. The highest BCUT2D eigenvalue weighted by Gasteiger charge is 2.12. The van der Waals surface area contributed by atoms with E-state index in [0.29, 0.717) is 29.6 Å². The van der Waals surface area contributed by atoms with E-state index in [2.05, 4.69) is 37.9 Å². The van der Waals surface area contributed by atoms with Gasteiger partial charge in [-0.15, -0.1) is 0 Å². The third kappa shape index (κ3) is 4.56. The summed E-state index contributed by atoms with van der Waals surface area (Å²) in [6.07, 6.45) is 1.73. The van der Waals surface area contributed by atoms with Crippen molar-refractivity contribution in [2.24, 2.45) is 5.10 Å². The van der Waals surface area contributed by atoms with E-state index in [9.17, 15) is 0 Å². The highest BCUT2D eigenvalue weighted by Crippen LogP contribution is 2.34. The monoisotopic (exact) mass is 494 g/mol. The van der Waals surface area contributed by atoms with Gasteiger partial charge in [0, 0.05) is 5.56 Å². The molecule has 140 valence electrons. The fourth-order valence-corrected chi connectivity index (χ4v) is 3.47. The van der Waals surface area contributed by atoms with Crippen LogP contribution in [0.5, 0.6) is 11.5 Å². The van der Waals surface area contributed by atoms with Crippen molar-refractivity contribution < 1.29 is 9.47 Å². The van der Waals surface area contributed by atoms with Crippen LogP contribution in [-0.4, -0.2) is 34.3 Å². The number of rotatable bonds is 7. The minimum absolute atomic E-state index is 0.427. The van der Waals surface area contributed by atoms with E-state index in [1.54, 1.807) is 10.9 Å². The minimum Gasteiger partial charge on any atom is -0.490 e. The molecule has 0 aliphatic heterocycles. The molecule has 0 bridgehead atoms. The first-order valence-electron chi connectivity index (χ1n) is 8.50. The molecule has 1 heterocycles. The van der Waals surface area contributed by atoms with Crippen LogP contribution in [0.4, 0.5) is 0 Å². The number of hydrogen-bond donors (Lipinski definition) is 1. The second kappa shape index (κ2) is 9.14. The summed E-state index contributed by atoms with van der Waals surface area (Å²) >= 11 is 7.56. The molecule has 8 heteroatoms. The predicted molar refractivity (Wildman–Crippen MR) is 117 cm³/mol. The summed E-state index contributed by atoms with van der Waals surface area (Å²) in [5.74, 6) is 2.11. The van der Waals surface area contributed by atoms with Crippen molar-refractivity contribution in [3.63, 3.8) is 0 Å². The fourth-order valence-electron chi connectivity index (χ4n) is 2.51. The average Bonchev–Trinajstić information content (AvgIpc) is 3.04. The quantitative estimate of drug-likeness (QED) is 0.289. The maximum atomic E-state index is 5.73. The molecule has 0 saturated carbocycles. The molecular weight excluding hydrogens is 475 g/mol. The van der Waals surface area contributed by atoms with Crippen molar-refractivity contribution in [1.29, 1.82) is 0 Å². The molecular formula is C19H19IN4O2S. The summed E-state index contributed by atoms with van der Waals surface area (Å²) in [5, 5.41) is 11.6. The van der Waals surface area contributed by atoms with E-state index in [-0.39, 0.29) is 0 Å². The van der Waals surface area contributed by atoms with Gasteiger partial charge in [0.25, 0.3) is 0 Å². The summed E-state index contributed by atoms with van der Waals surface area (Å²) in [6.45, 7) is 5.03. The standard InChI is InChI=1S/C19H19IN4O2S/c1-3-25-16-11-13(10-15(20)17(16)26-4-2)12-21-24-18(22-23-19(24)27)14-8-6-5-7-9-14/h5-12H,3-4H2,1-2H3,(H,23,27)/b21-12-. The number of aromatic nitrogens is 3. The van der Waals surface area contributed by atoms with Crippen molar-refractivity contribution in [2.75, 3.05) is 13.2 Å². The Morgan fingerprint density at radius 2 is 1.93 bits per heavy atom. The van der Waals surface area contributed by atoms with Crippen LogP contribution in [0.25, 0.3) is 11.4 Å². The molecule has 0 unspecified atom stereocenters. The van der Waals surface area contributed by atoms with Gasteiger partial charge in [-0.3, -0.25) is 0 Å². The van der Waals surface area contributed by atoms with Gasteiger partial charge in [0.1, 0.15) is 0 Å². The van der Waals surface area contributed by atoms with E-state index in [4.69, 9.17) is 21.7 Å². The number of nitrogens with one attached hydrogen (secondary N) is 1. The Kier molecular flexibility index (Phi) is 6.62. The largest absolute Gasteiger partial charge is 0.490 e. The van der Waals surface area contributed by atoms with Gasteiger partial charge in [-0.1, -0.05) is 30.3 Å². The van der Waals surface area contributed by atoms with Gasteiger partial charge in [-0.2, -0.15) is 14.9 Å². The number of benzene rings is 2. The van der Waals surface area contributed by atoms with E-state index < -0.39 is 0 Å². The first kappa shape index (κ1) is 19.6. The van der Waals surface area contributed by atoms with Gasteiger partial charge in [-0.05, 0) is 66.4 Å². The van der Waals surface area contributed by atoms with Crippen LogP contribution in [0, 0.1) is 8.34 Å². The lowest BCUT2D eigenvalue weighted by atomic mass is 10.2. The third-order valence-electron chi connectivity index (χ3n) is 3.63. The lowest BCUT2D eigenvalue weighted by Crippen LogP contribution is -2.02. The maximum Gasteiger partial charge on any atom is 0.216 e. The molecule has 1 aromatic heterocycles. The van der Waals surface area contributed by atoms with Crippen molar-refractivity contribution in [1.82, 2.24) is 14.9 Å². The van der Waals surface area contributed by atoms with Crippen molar-refractivity contribution >= 4 is 41.0 Å². The lowest BCUT2D eigenvalue weighted by molar-refractivity contribution is 0.286. The summed E-state index contributed by atoms with van der Waals surface area (Å²) in [5.41, 5.74) is 1.81. The second-order valence-electron chi connectivity index (χ2n) is 5.47. The van der Waals surface area contributed by atoms with E-state index in [1.807, 2.05) is 56.3 Å². The Hall–Kier alpha value is -2.20. The van der Waals surface area contributed by atoms with Crippen molar-refractivity contribution in [2.45, 2.75) is 13.8 Å². The van der Waals surface area contributed by atoms with Gasteiger partial charge in [0.2, 0.25) is 4.77 Å². The average molecular weight is 494 g/mol. The van der Waals surface area contributed by atoms with Crippen LogP contribution >= 0.6 is 34.8 Å². The van der Waals surface area contributed by atoms with Gasteiger partial charge in [0.05, 0.1) is 23.0 Å². The topological polar surface area (TPSA) is 64.4 Å². The van der Waals surface area contributed by atoms with Gasteiger partial charge in [-0.25, -0.2) is 5.10 Å². The number of hydrogen-bond acceptors (Lipinski definition) is 5. The summed E-state index contributed by atoms with van der Waals surface area (Å²) in [6, 6.07) is 13.7. The summed E-state index contributed by atoms with van der Waals surface area (Å²) in [4.78, 5) is 0. The normalized spacial score (nSPS) is 11.1. The van der Waals surface area contributed by atoms with Gasteiger partial charge >= 0.3 is 0 Å².